The summed E-state index contributed by atoms with van der Waals surface area (Å²) in [4.78, 5) is 14.5. The van der Waals surface area contributed by atoms with Crippen molar-refractivity contribution in [2.45, 2.75) is 13.2 Å². The predicted molar refractivity (Wildman–Crippen MR) is 67.4 cm³/mol. The van der Waals surface area contributed by atoms with Crippen LogP contribution in [0.15, 0.2) is 29.8 Å². The molecule has 0 unspecified atom stereocenters. The van der Waals surface area contributed by atoms with Crippen LogP contribution in [0.2, 0.25) is 0 Å². The number of benzene rings is 1. The normalized spacial score (nSPS) is 10.3. The van der Waals surface area contributed by atoms with Crippen molar-refractivity contribution in [3.05, 3.63) is 50.5 Å². The largest absolute Gasteiger partial charge is 0.479 e. The molecule has 0 radical (unpaired) electrons. The Kier molecular flexibility index (Phi) is 3.85. The van der Waals surface area contributed by atoms with Crippen molar-refractivity contribution >= 4 is 17.0 Å². The molecule has 0 aliphatic heterocycles. The number of thiazole rings is 1. The third-order valence-electron chi connectivity index (χ3n) is 2.29. The zero-order valence-corrected chi connectivity index (χ0v) is 10.2. The summed E-state index contributed by atoms with van der Waals surface area (Å²) in [6.45, 7) is 0.480. The Morgan fingerprint density at radius 1 is 1.50 bits per heavy atom. The highest BCUT2D eigenvalue weighted by atomic mass is 32.1. The topological polar surface area (TPSA) is 91.3 Å². The molecule has 1 aromatic heterocycles. The average Bonchev–Trinajstić information content (AvgIpc) is 2.89. The van der Waals surface area contributed by atoms with E-state index in [-0.39, 0.29) is 24.6 Å². The second kappa shape index (κ2) is 5.56. The molecule has 7 heteroatoms. The van der Waals surface area contributed by atoms with Gasteiger partial charge >= 0.3 is 5.69 Å². The molecule has 0 atom stereocenters. The number of ether oxygens (including phenoxy) is 1. The van der Waals surface area contributed by atoms with Gasteiger partial charge in [-0.05, 0) is 11.6 Å². The third-order valence-corrected chi connectivity index (χ3v) is 3.04. The first-order chi connectivity index (χ1) is 8.70. The molecule has 2 N–H and O–H groups in total. The Hall–Kier alpha value is -1.99. The Balaban J connectivity index is 2.18. The van der Waals surface area contributed by atoms with Gasteiger partial charge in [-0.2, -0.15) is 0 Å². The smallest absolute Gasteiger partial charge is 0.311 e. The number of hydrogen-bond donors (Lipinski definition) is 1. The highest BCUT2D eigenvalue weighted by Gasteiger charge is 2.16. The van der Waals surface area contributed by atoms with E-state index in [0.717, 1.165) is 5.01 Å². The number of aromatic nitrogens is 1. The Morgan fingerprint density at radius 2 is 2.33 bits per heavy atom. The fourth-order valence-corrected chi connectivity index (χ4v) is 1.95. The van der Waals surface area contributed by atoms with Crippen LogP contribution in [0.3, 0.4) is 0 Å². The monoisotopic (exact) mass is 265 g/mol. The van der Waals surface area contributed by atoms with E-state index in [9.17, 15) is 10.1 Å². The summed E-state index contributed by atoms with van der Waals surface area (Å²) in [6, 6.07) is 4.70. The molecule has 0 aliphatic carbocycles. The van der Waals surface area contributed by atoms with Gasteiger partial charge in [0.2, 0.25) is 0 Å². The first kappa shape index (κ1) is 12.5. The van der Waals surface area contributed by atoms with Gasteiger partial charge in [0, 0.05) is 24.2 Å². The van der Waals surface area contributed by atoms with Crippen LogP contribution in [0.4, 0.5) is 5.69 Å². The number of nitrogens with two attached hydrogens (primary N) is 1. The molecule has 0 amide bonds. The molecule has 0 fully saturated rings. The van der Waals surface area contributed by atoms with Crippen molar-refractivity contribution in [2.75, 3.05) is 0 Å². The van der Waals surface area contributed by atoms with Crippen LogP contribution < -0.4 is 10.5 Å². The molecule has 0 saturated carbocycles. The number of nitro groups is 1. The van der Waals surface area contributed by atoms with Gasteiger partial charge in [-0.1, -0.05) is 6.07 Å². The van der Waals surface area contributed by atoms with Crippen LogP contribution in [-0.2, 0) is 13.2 Å². The van der Waals surface area contributed by atoms with Crippen LogP contribution in [0, 0.1) is 10.1 Å². The zero-order chi connectivity index (χ0) is 13.0. The maximum absolute atomic E-state index is 10.9. The van der Waals surface area contributed by atoms with E-state index in [0.29, 0.717) is 5.56 Å². The number of nitrogens with zero attached hydrogens (tertiary/aromatic N) is 2. The van der Waals surface area contributed by atoms with Crippen molar-refractivity contribution in [2.24, 2.45) is 5.73 Å². The first-order valence-electron chi connectivity index (χ1n) is 5.19. The summed E-state index contributed by atoms with van der Waals surface area (Å²) in [5.41, 5.74) is 6.07. The number of hydrogen-bond acceptors (Lipinski definition) is 6. The number of rotatable bonds is 5. The summed E-state index contributed by atoms with van der Waals surface area (Å²) < 4.78 is 5.41. The molecule has 0 spiro atoms. The third kappa shape index (κ3) is 2.82. The Bertz CT molecular complexity index is 542. The van der Waals surface area contributed by atoms with Crippen LogP contribution in [0.5, 0.6) is 5.75 Å². The molecule has 1 aromatic carbocycles. The molecule has 0 aliphatic rings. The minimum absolute atomic E-state index is 0.0745. The van der Waals surface area contributed by atoms with Gasteiger partial charge < -0.3 is 10.5 Å². The summed E-state index contributed by atoms with van der Waals surface area (Å²) in [5, 5.41) is 13.5. The summed E-state index contributed by atoms with van der Waals surface area (Å²) in [7, 11) is 0. The Morgan fingerprint density at radius 3 is 2.94 bits per heavy atom. The summed E-state index contributed by atoms with van der Waals surface area (Å²) in [5.74, 6) is 0.229. The van der Waals surface area contributed by atoms with Gasteiger partial charge in [0.05, 0.1) is 4.92 Å². The molecule has 2 aromatic rings. The molecular formula is C11H11N3O3S. The van der Waals surface area contributed by atoms with E-state index in [1.165, 1.54) is 17.4 Å². The van der Waals surface area contributed by atoms with E-state index in [1.807, 2.05) is 5.38 Å². The molecule has 18 heavy (non-hydrogen) atoms. The standard InChI is InChI=1S/C11H11N3O3S/c12-6-8-1-2-10(9(5-8)14(15)16)17-7-11-13-3-4-18-11/h1-5H,6-7,12H2. The van der Waals surface area contributed by atoms with Crippen molar-refractivity contribution < 1.29 is 9.66 Å². The summed E-state index contributed by atoms with van der Waals surface area (Å²) in [6.07, 6.45) is 1.66. The highest BCUT2D eigenvalue weighted by molar-refractivity contribution is 7.09. The van der Waals surface area contributed by atoms with Crippen LogP contribution in [-0.4, -0.2) is 9.91 Å². The Labute approximate surface area is 107 Å². The van der Waals surface area contributed by atoms with Gasteiger partial charge in [-0.3, -0.25) is 10.1 Å². The summed E-state index contributed by atoms with van der Waals surface area (Å²) >= 11 is 1.44. The SMILES string of the molecule is NCc1ccc(OCc2nccs2)c([N+](=O)[O-])c1. The lowest BCUT2D eigenvalue weighted by molar-refractivity contribution is -0.386. The lowest BCUT2D eigenvalue weighted by atomic mass is 10.2. The fraction of sp³-hybridized carbons (Fsp3) is 0.182. The quantitative estimate of drug-likeness (QED) is 0.660. The maximum atomic E-state index is 10.9. The van der Waals surface area contributed by atoms with Crippen LogP contribution >= 0.6 is 11.3 Å². The predicted octanol–water partition coefficient (Wildman–Crippen LogP) is 2.09. The lowest BCUT2D eigenvalue weighted by Gasteiger charge is -2.06. The molecule has 2 rings (SSSR count). The zero-order valence-electron chi connectivity index (χ0n) is 9.41. The second-order valence-corrected chi connectivity index (χ2v) is 4.46. The van der Waals surface area contributed by atoms with Crippen LogP contribution in [0.25, 0.3) is 0 Å². The molecule has 1 heterocycles. The van der Waals surface area contributed by atoms with Gasteiger partial charge in [0.1, 0.15) is 11.6 Å². The number of nitro benzene ring substituents is 1. The molecule has 94 valence electrons. The maximum Gasteiger partial charge on any atom is 0.311 e. The molecule has 0 saturated heterocycles. The van der Waals surface area contributed by atoms with Gasteiger partial charge in [0.25, 0.3) is 0 Å². The van der Waals surface area contributed by atoms with Crippen molar-refractivity contribution in [1.29, 1.82) is 0 Å². The minimum atomic E-state index is -0.476. The van der Waals surface area contributed by atoms with E-state index in [1.54, 1.807) is 18.3 Å². The van der Waals surface area contributed by atoms with Gasteiger partial charge in [-0.15, -0.1) is 11.3 Å². The molecular weight excluding hydrogens is 254 g/mol. The fourth-order valence-electron chi connectivity index (χ4n) is 1.42. The van der Waals surface area contributed by atoms with Crippen molar-refractivity contribution in [1.82, 2.24) is 4.98 Å². The van der Waals surface area contributed by atoms with Crippen molar-refractivity contribution in [3.63, 3.8) is 0 Å². The molecule has 0 bridgehead atoms. The van der Waals surface area contributed by atoms with Gasteiger partial charge in [-0.25, -0.2) is 4.98 Å². The van der Waals surface area contributed by atoms with Crippen LogP contribution in [0.1, 0.15) is 10.6 Å². The molecule has 6 nitrogen and oxygen atoms in total. The average molecular weight is 265 g/mol. The van der Waals surface area contributed by atoms with Gasteiger partial charge in [0.15, 0.2) is 5.75 Å². The highest BCUT2D eigenvalue weighted by Crippen LogP contribution is 2.28. The van der Waals surface area contributed by atoms with E-state index in [2.05, 4.69) is 4.98 Å². The lowest BCUT2D eigenvalue weighted by Crippen LogP contribution is -2.01. The minimum Gasteiger partial charge on any atom is -0.479 e. The van der Waals surface area contributed by atoms with Crippen molar-refractivity contribution in [3.8, 4) is 5.75 Å². The van der Waals surface area contributed by atoms with E-state index < -0.39 is 4.92 Å². The van der Waals surface area contributed by atoms with E-state index in [4.69, 9.17) is 10.5 Å². The van der Waals surface area contributed by atoms with E-state index >= 15 is 0 Å². The first-order valence-corrected chi connectivity index (χ1v) is 6.07. The second-order valence-electron chi connectivity index (χ2n) is 3.48.